The van der Waals surface area contributed by atoms with E-state index in [0.717, 1.165) is 0 Å². The van der Waals surface area contributed by atoms with Crippen LogP contribution in [0.1, 0.15) is 6.42 Å². The van der Waals surface area contributed by atoms with Crippen molar-refractivity contribution in [1.29, 1.82) is 0 Å². The predicted molar refractivity (Wildman–Crippen MR) is 50.9 cm³/mol. The molecule has 0 bridgehead atoms. The summed E-state index contributed by atoms with van der Waals surface area (Å²) < 4.78 is 29.1. The molecule has 4 atom stereocenters. The summed E-state index contributed by atoms with van der Waals surface area (Å²) in [5.74, 6) is 0. The van der Waals surface area contributed by atoms with E-state index in [1.165, 1.54) is 0 Å². The molecule has 7 nitrogen and oxygen atoms in total. The molecule has 1 rings (SSSR count). The van der Waals surface area contributed by atoms with Gasteiger partial charge in [0.05, 0.1) is 12.7 Å². The molecule has 0 aromatic carbocycles. The fourth-order valence-electron chi connectivity index (χ4n) is 1.20. The van der Waals surface area contributed by atoms with Crippen LogP contribution < -0.4 is 0 Å². The standard InChI is InChI=1S/C6H12O7S.Na.H/c7-3-1-5(8)13-4(6(3)9)2-12-14(10)11;;/h3-9,14H,1-2H2;;/t3-,4-,5-,6+;;/m1../s1. The van der Waals surface area contributed by atoms with Gasteiger partial charge in [-0.3, -0.25) is 4.18 Å². The van der Waals surface area contributed by atoms with Crippen molar-refractivity contribution in [3.8, 4) is 0 Å². The number of aliphatic hydroxyl groups excluding tert-OH is 3. The summed E-state index contributed by atoms with van der Waals surface area (Å²) in [5.41, 5.74) is 0. The Bertz CT molecular complexity index is 250. The van der Waals surface area contributed by atoms with E-state index in [4.69, 9.17) is 9.84 Å². The zero-order valence-corrected chi connectivity index (χ0v) is 8.04. The zero-order chi connectivity index (χ0) is 10.7. The summed E-state index contributed by atoms with van der Waals surface area (Å²) >= 11 is 0. The average Bonchev–Trinajstić information content (AvgIpc) is 2.08. The van der Waals surface area contributed by atoms with E-state index in [0.29, 0.717) is 0 Å². The van der Waals surface area contributed by atoms with Gasteiger partial charge in [0.15, 0.2) is 6.29 Å². The zero-order valence-electron chi connectivity index (χ0n) is 7.15. The molecule has 15 heavy (non-hydrogen) atoms. The van der Waals surface area contributed by atoms with Crippen molar-refractivity contribution in [3.05, 3.63) is 0 Å². The van der Waals surface area contributed by atoms with Crippen LogP contribution >= 0.6 is 0 Å². The van der Waals surface area contributed by atoms with Gasteiger partial charge < -0.3 is 20.1 Å². The Labute approximate surface area is 110 Å². The second kappa shape index (κ2) is 7.15. The first-order valence-corrected chi connectivity index (χ1v) is 5.07. The fraction of sp³-hybridized carbons (Fsp3) is 1.00. The maximum atomic E-state index is 10.1. The van der Waals surface area contributed by atoms with Gasteiger partial charge in [-0.2, -0.15) is 0 Å². The Kier molecular flexibility index (Phi) is 7.51. The van der Waals surface area contributed by atoms with E-state index in [1.807, 2.05) is 0 Å². The summed E-state index contributed by atoms with van der Waals surface area (Å²) in [6.07, 6.45) is -4.76. The molecular weight excluding hydrogens is 239 g/mol. The van der Waals surface area contributed by atoms with Crippen LogP contribution in [0.3, 0.4) is 0 Å². The normalized spacial score (nSPS) is 36.3. The monoisotopic (exact) mass is 252 g/mol. The maximum absolute atomic E-state index is 10.1. The Morgan fingerprint density at radius 1 is 1.33 bits per heavy atom. The first-order chi connectivity index (χ1) is 6.50. The van der Waals surface area contributed by atoms with Crippen molar-refractivity contribution in [2.45, 2.75) is 31.0 Å². The molecule has 86 valence electrons. The van der Waals surface area contributed by atoms with Crippen LogP contribution in [0.2, 0.25) is 0 Å². The molecule has 0 unspecified atom stereocenters. The van der Waals surface area contributed by atoms with E-state index in [-0.39, 0.29) is 36.0 Å². The molecule has 0 spiro atoms. The van der Waals surface area contributed by atoms with E-state index >= 15 is 0 Å². The molecule has 0 aromatic heterocycles. The van der Waals surface area contributed by atoms with Gasteiger partial charge in [0.2, 0.25) is 0 Å². The second-order valence-electron chi connectivity index (χ2n) is 2.94. The van der Waals surface area contributed by atoms with E-state index < -0.39 is 42.2 Å². The predicted octanol–water partition coefficient (Wildman–Crippen LogP) is -3.29. The molecular formula is C6H13NaO7S. The molecule has 1 aliphatic rings. The van der Waals surface area contributed by atoms with Crippen LogP contribution in [-0.2, 0) is 19.9 Å². The van der Waals surface area contributed by atoms with E-state index in [1.54, 1.807) is 0 Å². The van der Waals surface area contributed by atoms with Crippen LogP contribution in [-0.4, -0.2) is 84.5 Å². The third-order valence-corrected chi connectivity index (χ3v) is 2.25. The number of ether oxygens (including phenoxy) is 1. The van der Waals surface area contributed by atoms with Crippen molar-refractivity contribution in [3.63, 3.8) is 0 Å². The fourth-order valence-corrected chi connectivity index (χ4v) is 1.47. The molecule has 0 aromatic rings. The molecule has 1 aliphatic heterocycles. The molecule has 3 N–H and O–H groups in total. The van der Waals surface area contributed by atoms with Gasteiger partial charge in [-0.05, 0) is 0 Å². The van der Waals surface area contributed by atoms with Gasteiger partial charge in [0.1, 0.15) is 12.2 Å². The Balaban J connectivity index is 0.00000196. The van der Waals surface area contributed by atoms with Gasteiger partial charge in [0, 0.05) is 6.42 Å². The molecule has 1 heterocycles. The third kappa shape index (κ3) is 5.07. The van der Waals surface area contributed by atoms with Crippen molar-refractivity contribution >= 4 is 40.5 Å². The minimum atomic E-state index is -3.03. The summed E-state index contributed by atoms with van der Waals surface area (Å²) in [5, 5.41) is 27.5. The summed E-state index contributed by atoms with van der Waals surface area (Å²) in [4.78, 5) is 0. The van der Waals surface area contributed by atoms with Crippen molar-refractivity contribution < 1.29 is 32.7 Å². The molecule has 0 radical (unpaired) electrons. The minimum absolute atomic E-state index is 0. The van der Waals surface area contributed by atoms with Gasteiger partial charge >= 0.3 is 29.6 Å². The third-order valence-electron chi connectivity index (χ3n) is 1.89. The number of hydrogen-bond donors (Lipinski definition) is 4. The number of thiol groups is 1. The van der Waals surface area contributed by atoms with Gasteiger partial charge in [-0.1, -0.05) is 0 Å². The Morgan fingerprint density at radius 2 is 1.93 bits per heavy atom. The second-order valence-corrected chi connectivity index (χ2v) is 3.65. The van der Waals surface area contributed by atoms with Crippen molar-refractivity contribution in [1.82, 2.24) is 0 Å². The van der Waals surface area contributed by atoms with Crippen LogP contribution in [0.5, 0.6) is 0 Å². The van der Waals surface area contributed by atoms with E-state index in [2.05, 4.69) is 4.18 Å². The van der Waals surface area contributed by atoms with Crippen LogP contribution in [0.4, 0.5) is 0 Å². The Hall–Kier alpha value is 0.750. The van der Waals surface area contributed by atoms with Crippen LogP contribution in [0, 0.1) is 0 Å². The molecule has 1 fully saturated rings. The summed E-state index contributed by atoms with van der Waals surface area (Å²) in [6, 6.07) is 0. The molecule has 1 saturated heterocycles. The molecule has 9 heteroatoms. The molecule has 0 saturated carbocycles. The van der Waals surface area contributed by atoms with E-state index in [9.17, 15) is 18.6 Å². The van der Waals surface area contributed by atoms with Crippen LogP contribution in [0.25, 0.3) is 0 Å². The van der Waals surface area contributed by atoms with Gasteiger partial charge in [-0.15, -0.1) is 0 Å². The quantitative estimate of drug-likeness (QED) is 0.307. The van der Waals surface area contributed by atoms with Crippen molar-refractivity contribution in [2.75, 3.05) is 6.61 Å². The van der Waals surface area contributed by atoms with Crippen LogP contribution in [0.15, 0.2) is 0 Å². The number of aliphatic hydroxyl groups is 3. The molecule has 0 amide bonds. The SMILES string of the molecule is O=[SH](=O)OC[C@H]1O[C@@H](O)C[C@@H](O)[C@@H]1O.[NaH]. The number of rotatable bonds is 3. The number of hydrogen-bond acceptors (Lipinski definition) is 7. The first-order valence-electron chi connectivity index (χ1n) is 3.97. The average molecular weight is 252 g/mol. The van der Waals surface area contributed by atoms with Crippen molar-refractivity contribution in [2.24, 2.45) is 0 Å². The van der Waals surface area contributed by atoms with Gasteiger partial charge in [0.25, 0.3) is 11.0 Å². The Morgan fingerprint density at radius 3 is 2.47 bits per heavy atom. The molecule has 0 aliphatic carbocycles. The van der Waals surface area contributed by atoms with Gasteiger partial charge in [-0.25, -0.2) is 8.42 Å². The first kappa shape index (κ1) is 15.8. The summed E-state index contributed by atoms with van der Waals surface area (Å²) in [7, 11) is -3.03. The summed E-state index contributed by atoms with van der Waals surface area (Å²) in [6.45, 7) is -0.423. The topological polar surface area (TPSA) is 113 Å².